The molecular weight excluding hydrogens is 228 g/mol. The highest BCUT2D eigenvalue weighted by Crippen LogP contribution is 2.21. The van der Waals surface area contributed by atoms with Crippen LogP contribution < -0.4 is 11.1 Å². The fraction of sp³-hybridized carbons (Fsp3) is 0.417. The van der Waals surface area contributed by atoms with Gasteiger partial charge in [0.05, 0.1) is 0 Å². The zero-order valence-electron chi connectivity index (χ0n) is 10.7. The minimum Gasteiger partial charge on any atom is -0.393 e. The van der Waals surface area contributed by atoms with Crippen LogP contribution in [0.15, 0.2) is 25.0 Å². The van der Waals surface area contributed by atoms with Gasteiger partial charge in [-0.25, -0.2) is 15.0 Å². The third kappa shape index (κ3) is 2.77. The summed E-state index contributed by atoms with van der Waals surface area (Å²) < 4.78 is 1.77. The van der Waals surface area contributed by atoms with Crippen LogP contribution in [-0.2, 0) is 0 Å². The molecule has 6 heteroatoms. The molecule has 0 radical (unpaired) electrons. The van der Waals surface area contributed by atoms with E-state index in [1.165, 1.54) is 6.33 Å². The lowest BCUT2D eigenvalue weighted by Crippen LogP contribution is -2.11. The van der Waals surface area contributed by atoms with Crippen molar-refractivity contribution in [3.8, 4) is 5.82 Å². The third-order valence-corrected chi connectivity index (χ3v) is 2.63. The van der Waals surface area contributed by atoms with Crippen molar-refractivity contribution in [2.24, 2.45) is 5.92 Å². The lowest BCUT2D eigenvalue weighted by atomic mass is 10.1. The van der Waals surface area contributed by atoms with Gasteiger partial charge in [-0.1, -0.05) is 13.8 Å². The van der Waals surface area contributed by atoms with E-state index >= 15 is 0 Å². The van der Waals surface area contributed by atoms with Crippen LogP contribution in [-0.4, -0.2) is 26.1 Å². The Bertz CT molecular complexity index is 491. The first-order chi connectivity index (χ1) is 8.68. The van der Waals surface area contributed by atoms with Gasteiger partial charge in [0, 0.05) is 18.9 Å². The van der Waals surface area contributed by atoms with Gasteiger partial charge in [0.25, 0.3) is 0 Å². The van der Waals surface area contributed by atoms with Crippen molar-refractivity contribution in [2.75, 3.05) is 17.6 Å². The van der Waals surface area contributed by atoms with Crippen molar-refractivity contribution in [1.82, 2.24) is 19.5 Å². The van der Waals surface area contributed by atoms with E-state index in [-0.39, 0.29) is 0 Å². The Morgan fingerprint density at radius 3 is 2.89 bits per heavy atom. The summed E-state index contributed by atoms with van der Waals surface area (Å²) in [7, 11) is 0. The molecule has 2 heterocycles. The minimum absolute atomic E-state index is 0.541. The highest BCUT2D eigenvalue weighted by atomic mass is 15.1. The third-order valence-electron chi connectivity index (χ3n) is 2.63. The molecule has 0 unspecified atom stereocenters. The zero-order chi connectivity index (χ0) is 13.0. The molecule has 18 heavy (non-hydrogen) atoms. The number of hydrogen-bond acceptors (Lipinski definition) is 5. The second-order valence-corrected chi connectivity index (χ2v) is 4.54. The maximum atomic E-state index is 6.06. The monoisotopic (exact) mass is 246 g/mol. The first-order valence-electron chi connectivity index (χ1n) is 6.01. The van der Waals surface area contributed by atoms with Gasteiger partial charge >= 0.3 is 0 Å². The van der Waals surface area contributed by atoms with Crippen molar-refractivity contribution in [3.05, 3.63) is 25.0 Å². The van der Waals surface area contributed by atoms with Crippen molar-refractivity contribution in [1.29, 1.82) is 0 Å². The molecular formula is C12H18N6. The van der Waals surface area contributed by atoms with Crippen LogP contribution in [0, 0.1) is 5.92 Å². The van der Waals surface area contributed by atoms with Crippen LogP contribution in [0.25, 0.3) is 5.82 Å². The molecule has 6 nitrogen and oxygen atoms in total. The fourth-order valence-electron chi connectivity index (χ4n) is 1.60. The molecule has 2 aromatic heterocycles. The second kappa shape index (κ2) is 5.48. The predicted octanol–water partition coefficient (Wildman–Crippen LogP) is 1.70. The van der Waals surface area contributed by atoms with Crippen LogP contribution in [0.5, 0.6) is 0 Å². The average molecular weight is 246 g/mol. The van der Waals surface area contributed by atoms with Crippen LogP contribution in [0.4, 0.5) is 11.5 Å². The molecule has 0 amide bonds. The lowest BCUT2D eigenvalue weighted by molar-refractivity contribution is 0.606. The largest absolute Gasteiger partial charge is 0.393 e. The molecule has 0 fully saturated rings. The number of nitrogens with zero attached hydrogens (tertiary/aromatic N) is 4. The summed E-state index contributed by atoms with van der Waals surface area (Å²) >= 11 is 0. The van der Waals surface area contributed by atoms with Gasteiger partial charge in [0.2, 0.25) is 0 Å². The first kappa shape index (κ1) is 12.3. The smallest absolute Gasteiger partial charge is 0.166 e. The number of nitrogens with one attached hydrogen (secondary N) is 1. The number of imidazole rings is 1. The molecule has 0 aliphatic rings. The summed E-state index contributed by atoms with van der Waals surface area (Å²) in [5, 5.41) is 3.24. The summed E-state index contributed by atoms with van der Waals surface area (Å²) in [6.07, 6.45) is 7.73. The molecule has 96 valence electrons. The number of aromatic nitrogens is 4. The van der Waals surface area contributed by atoms with Gasteiger partial charge in [0.1, 0.15) is 18.3 Å². The van der Waals surface area contributed by atoms with Gasteiger partial charge in [-0.15, -0.1) is 0 Å². The van der Waals surface area contributed by atoms with Gasteiger partial charge in [-0.2, -0.15) is 0 Å². The Morgan fingerprint density at radius 1 is 1.39 bits per heavy atom. The van der Waals surface area contributed by atoms with Gasteiger partial charge < -0.3 is 11.1 Å². The van der Waals surface area contributed by atoms with Crippen LogP contribution in [0.2, 0.25) is 0 Å². The summed E-state index contributed by atoms with van der Waals surface area (Å²) in [6, 6.07) is 0. The molecule has 0 bridgehead atoms. The number of nitrogen functional groups attached to an aromatic ring is 1. The van der Waals surface area contributed by atoms with Crippen LogP contribution >= 0.6 is 0 Å². The molecule has 0 saturated heterocycles. The topological polar surface area (TPSA) is 81.7 Å². The number of anilines is 2. The molecule has 0 aliphatic heterocycles. The SMILES string of the molecule is CC(C)CCNc1ncnc(-n2ccnc2)c1N. The number of nitrogens with two attached hydrogens (primary N) is 1. The zero-order valence-corrected chi connectivity index (χ0v) is 10.7. The van der Waals surface area contributed by atoms with Crippen LogP contribution in [0.1, 0.15) is 20.3 Å². The summed E-state index contributed by atoms with van der Waals surface area (Å²) in [6.45, 7) is 5.21. The first-order valence-corrected chi connectivity index (χ1v) is 6.01. The number of hydrogen-bond donors (Lipinski definition) is 2. The minimum atomic E-state index is 0.541. The maximum absolute atomic E-state index is 6.06. The summed E-state index contributed by atoms with van der Waals surface area (Å²) in [5.41, 5.74) is 6.60. The quantitative estimate of drug-likeness (QED) is 0.839. The van der Waals surface area contributed by atoms with E-state index in [9.17, 15) is 0 Å². The van der Waals surface area contributed by atoms with E-state index in [0.717, 1.165) is 13.0 Å². The molecule has 0 aromatic carbocycles. The molecule has 2 aromatic rings. The highest BCUT2D eigenvalue weighted by molar-refractivity contribution is 5.69. The average Bonchev–Trinajstić information content (AvgIpc) is 2.84. The van der Waals surface area contributed by atoms with Gasteiger partial charge in [-0.05, 0) is 12.3 Å². The van der Waals surface area contributed by atoms with Crippen molar-refractivity contribution in [3.63, 3.8) is 0 Å². The Labute approximate surface area is 106 Å². The van der Waals surface area contributed by atoms with Gasteiger partial charge in [0.15, 0.2) is 11.6 Å². The molecule has 0 spiro atoms. The van der Waals surface area contributed by atoms with Crippen LogP contribution in [0.3, 0.4) is 0 Å². The Balaban J connectivity index is 2.15. The molecule has 0 aliphatic carbocycles. The Morgan fingerprint density at radius 2 is 2.22 bits per heavy atom. The van der Waals surface area contributed by atoms with E-state index in [1.807, 2.05) is 0 Å². The predicted molar refractivity (Wildman–Crippen MR) is 71.5 cm³/mol. The maximum Gasteiger partial charge on any atom is 0.166 e. The lowest BCUT2D eigenvalue weighted by Gasteiger charge is -2.12. The van der Waals surface area contributed by atoms with E-state index in [1.54, 1.807) is 23.3 Å². The normalized spacial score (nSPS) is 10.8. The van der Waals surface area contributed by atoms with E-state index in [4.69, 9.17) is 5.73 Å². The summed E-state index contributed by atoms with van der Waals surface area (Å²) in [4.78, 5) is 12.3. The number of rotatable bonds is 5. The molecule has 0 atom stereocenters. The Hall–Kier alpha value is -2.11. The second-order valence-electron chi connectivity index (χ2n) is 4.54. The van der Waals surface area contributed by atoms with E-state index in [0.29, 0.717) is 23.2 Å². The molecule has 0 saturated carbocycles. The van der Waals surface area contributed by atoms with E-state index in [2.05, 4.69) is 34.1 Å². The summed E-state index contributed by atoms with van der Waals surface area (Å²) in [5.74, 6) is 1.97. The van der Waals surface area contributed by atoms with E-state index < -0.39 is 0 Å². The standard InChI is InChI=1S/C12H18N6/c1-9(2)3-4-15-11-10(13)12(17-7-16-11)18-6-5-14-8-18/h5-9H,3-4,13H2,1-2H3,(H,15,16,17). The van der Waals surface area contributed by atoms with Gasteiger partial charge in [-0.3, -0.25) is 4.57 Å². The molecule has 2 rings (SSSR count). The Kier molecular flexibility index (Phi) is 3.76. The highest BCUT2D eigenvalue weighted by Gasteiger charge is 2.09. The van der Waals surface area contributed by atoms with Crippen molar-refractivity contribution < 1.29 is 0 Å². The molecule has 3 N–H and O–H groups in total. The van der Waals surface area contributed by atoms with Crippen molar-refractivity contribution in [2.45, 2.75) is 20.3 Å². The fourth-order valence-corrected chi connectivity index (χ4v) is 1.60. The van der Waals surface area contributed by atoms with Crippen molar-refractivity contribution >= 4 is 11.5 Å².